The molecule has 1 aliphatic heterocycles. The molecule has 0 atom stereocenters. The smallest absolute Gasteiger partial charge is 0.339 e. The first-order chi connectivity index (χ1) is 13.5. The number of benzene rings is 1. The number of aromatic nitrogens is 1. The maximum absolute atomic E-state index is 12.7. The molecule has 1 heterocycles. The lowest BCUT2D eigenvalue weighted by molar-refractivity contribution is 0.0693. The van der Waals surface area contributed by atoms with E-state index in [-0.39, 0.29) is 17.1 Å². The van der Waals surface area contributed by atoms with Gasteiger partial charge in [0.2, 0.25) is 0 Å². The molecule has 28 heavy (non-hydrogen) atoms. The molecule has 6 heteroatoms. The first-order valence-electron chi connectivity index (χ1n) is 9.51. The van der Waals surface area contributed by atoms with Crippen LogP contribution in [0.25, 0.3) is 22.4 Å². The van der Waals surface area contributed by atoms with E-state index in [4.69, 9.17) is 4.52 Å². The third-order valence-corrected chi connectivity index (χ3v) is 5.62. The van der Waals surface area contributed by atoms with Gasteiger partial charge in [-0.05, 0) is 36.6 Å². The summed E-state index contributed by atoms with van der Waals surface area (Å²) in [5, 5.41) is 23.0. The number of carboxylic acids is 1. The van der Waals surface area contributed by atoms with Gasteiger partial charge in [-0.2, -0.15) is 0 Å². The Balaban J connectivity index is 1.61. The second kappa shape index (κ2) is 7.46. The maximum Gasteiger partial charge on any atom is 0.339 e. The molecule has 0 radical (unpaired) electrons. The van der Waals surface area contributed by atoms with Crippen LogP contribution in [-0.4, -0.2) is 27.1 Å². The van der Waals surface area contributed by atoms with Crippen LogP contribution in [0, 0.1) is 5.92 Å². The van der Waals surface area contributed by atoms with Crippen LogP contribution >= 0.6 is 0 Å². The predicted molar refractivity (Wildman–Crippen MR) is 103 cm³/mol. The molecule has 1 aromatic rings. The fourth-order valence-corrected chi connectivity index (χ4v) is 4.08. The van der Waals surface area contributed by atoms with Crippen molar-refractivity contribution in [1.82, 2.24) is 5.16 Å². The summed E-state index contributed by atoms with van der Waals surface area (Å²) in [5.74, 6) is -0.802. The topological polar surface area (TPSA) is 101 Å². The maximum atomic E-state index is 12.7. The summed E-state index contributed by atoms with van der Waals surface area (Å²) in [4.78, 5) is 24.0. The number of carbonyl (C=O) groups excluding carboxylic acids is 1. The van der Waals surface area contributed by atoms with E-state index in [9.17, 15) is 19.8 Å². The molecule has 0 unspecified atom stereocenters. The first-order valence-corrected chi connectivity index (χ1v) is 9.51. The highest BCUT2D eigenvalue weighted by Gasteiger charge is 2.23. The van der Waals surface area contributed by atoms with E-state index in [1.165, 1.54) is 44.1 Å². The van der Waals surface area contributed by atoms with Gasteiger partial charge in [-0.25, -0.2) is 4.79 Å². The van der Waals surface area contributed by atoms with Gasteiger partial charge in [-0.15, -0.1) is 0 Å². The van der Waals surface area contributed by atoms with E-state index in [1.807, 2.05) is 6.07 Å². The Morgan fingerprint density at radius 3 is 2.61 bits per heavy atom. The first kappa shape index (κ1) is 18.2. The van der Waals surface area contributed by atoms with Crippen molar-refractivity contribution in [2.75, 3.05) is 0 Å². The molecule has 2 aliphatic carbocycles. The van der Waals surface area contributed by atoms with Gasteiger partial charge in [0.1, 0.15) is 23.3 Å². The van der Waals surface area contributed by atoms with Crippen LogP contribution in [0.4, 0.5) is 0 Å². The van der Waals surface area contributed by atoms with Gasteiger partial charge in [0.25, 0.3) is 0 Å². The number of hydrogen-bond acceptors (Lipinski definition) is 5. The summed E-state index contributed by atoms with van der Waals surface area (Å²) in [6, 6.07) is 7.83. The van der Waals surface area contributed by atoms with Crippen molar-refractivity contribution < 1.29 is 24.3 Å². The number of ketones is 1. The molecule has 6 nitrogen and oxygen atoms in total. The Morgan fingerprint density at radius 2 is 1.86 bits per heavy atom. The van der Waals surface area contributed by atoms with Crippen LogP contribution in [0.3, 0.4) is 0 Å². The van der Waals surface area contributed by atoms with Crippen LogP contribution in [0.15, 0.2) is 41.1 Å². The molecule has 0 spiro atoms. The number of rotatable bonds is 6. The second-order valence-corrected chi connectivity index (χ2v) is 7.39. The molecule has 4 rings (SSSR count). The lowest BCUT2D eigenvalue weighted by Crippen LogP contribution is -2.03. The number of carbonyl (C=O) groups is 2. The fraction of sp³-hybridized carbons (Fsp3) is 0.318. The minimum Gasteiger partial charge on any atom is -0.507 e. The quantitative estimate of drug-likeness (QED) is 0.584. The van der Waals surface area contributed by atoms with E-state index in [2.05, 4.69) is 5.16 Å². The van der Waals surface area contributed by atoms with Gasteiger partial charge >= 0.3 is 5.97 Å². The van der Waals surface area contributed by atoms with E-state index in [0.29, 0.717) is 34.7 Å². The molecule has 1 aromatic carbocycles. The molecule has 144 valence electrons. The van der Waals surface area contributed by atoms with Crippen molar-refractivity contribution in [3.63, 3.8) is 0 Å². The van der Waals surface area contributed by atoms with E-state index < -0.39 is 5.97 Å². The van der Waals surface area contributed by atoms with E-state index >= 15 is 0 Å². The normalized spacial score (nSPS) is 14.6. The van der Waals surface area contributed by atoms with Gasteiger partial charge in [0, 0.05) is 28.7 Å². The number of aromatic carboxylic acids is 1. The van der Waals surface area contributed by atoms with Crippen LogP contribution < -0.4 is 0 Å². The molecule has 0 bridgehead atoms. The van der Waals surface area contributed by atoms with Crippen molar-refractivity contribution in [3.05, 3.63) is 47.7 Å². The minimum atomic E-state index is -1.23. The van der Waals surface area contributed by atoms with Crippen molar-refractivity contribution >= 4 is 11.8 Å². The molecule has 0 amide bonds. The third kappa shape index (κ3) is 3.38. The van der Waals surface area contributed by atoms with Gasteiger partial charge in [0.15, 0.2) is 5.78 Å². The summed E-state index contributed by atoms with van der Waals surface area (Å²) >= 11 is 0. The molecule has 1 fully saturated rings. The van der Waals surface area contributed by atoms with Gasteiger partial charge in [0.05, 0.1) is 0 Å². The molecule has 1 saturated carbocycles. The standard InChI is InChI=1S/C22H21NO5/c24-19(9-5-13-3-1-2-4-13)15-7-8-16-18(15)12-28-23-21(16)14-6-10-20(25)17(11-14)22(26)27/h6-8,10-13,25H,1-5,9H2,(H,26,27). The number of carboxylic acid groups (broad SMARTS) is 1. The summed E-state index contributed by atoms with van der Waals surface area (Å²) in [7, 11) is 0. The zero-order valence-electron chi connectivity index (χ0n) is 15.4. The Kier molecular flexibility index (Phi) is 4.86. The van der Waals surface area contributed by atoms with E-state index in [0.717, 1.165) is 12.0 Å². The van der Waals surface area contributed by atoms with Crippen LogP contribution in [0.2, 0.25) is 0 Å². The number of phenols is 1. The Hall–Kier alpha value is -3.15. The Bertz CT molecular complexity index is 1000. The van der Waals surface area contributed by atoms with Crippen molar-refractivity contribution in [2.45, 2.75) is 38.5 Å². The fourth-order valence-electron chi connectivity index (χ4n) is 4.08. The van der Waals surface area contributed by atoms with E-state index in [1.54, 1.807) is 12.1 Å². The zero-order chi connectivity index (χ0) is 19.7. The molecular weight excluding hydrogens is 358 g/mol. The number of nitrogens with zero attached hydrogens (tertiary/aromatic N) is 1. The van der Waals surface area contributed by atoms with Crippen molar-refractivity contribution in [3.8, 4) is 28.1 Å². The number of fused-ring (bicyclic) bond motifs is 1. The van der Waals surface area contributed by atoms with Crippen molar-refractivity contribution in [2.24, 2.45) is 5.92 Å². The number of aromatic hydroxyl groups is 1. The molecule has 0 aromatic heterocycles. The monoisotopic (exact) mass is 379 g/mol. The van der Waals surface area contributed by atoms with Crippen molar-refractivity contribution in [1.29, 1.82) is 0 Å². The Morgan fingerprint density at radius 1 is 1.07 bits per heavy atom. The second-order valence-electron chi connectivity index (χ2n) is 7.39. The van der Waals surface area contributed by atoms with Crippen LogP contribution in [0.5, 0.6) is 5.75 Å². The SMILES string of the molecule is O=C(O)c1cc(-c2nocc3c(C(=O)CCC4CCCC4)ccc2-3)ccc1O. The highest BCUT2D eigenvalue weighted by Crippen LogP contribution is 2.38. The molecule has 2 N–H and O–H groups in total. The summed E-state index contributed by atoms with van der Waals surface area (Å²) < 4.78 is 5.22. The molecule has 3 aliphatic rings. The van der Waals surface area contributed by atoms with Crippen LogP contribution in [-0.2, 0) is 0 Å². The third-order valence-electron chi connectivity index (χ3n) is 5.62. The highest BCUT2D eigenvalue weighted by atomic mass is 16.4. The lowest BCUT2D eigenvalue weighted by atomic mass is 9.95. The summed E-state index contributed by atoms with van der Waals surface area (Å²) in [5.41, 5.74) is 2.73. The largest absolute Gasteiger partial charge is 0.507 e. The van der Waals surface area contributed by atoms with Gasteiger partial charge in [-0.1, -0.05) is 36.9 Å². The number of Topliss-reactive ketones (excluding diaryl/α,β-unsaturated/α-hetero) is 1. The summed E-state index contributed by atoms with van der Waals surface area (Å²) in [6.07, 6.45) is 7.84. The summed E-state index contributed by atoms with van der Waals surface area (Å²) in [6.45, 7) is 0. The van der Waals surface area contributed by atoms with Gasteiger partial charge in [-0.3, -0.25) is 4.79 Å². The average molecular weight is 379 g/mol. The highest BCUT2D eigenvalue weighted by molar-refractivity contribution is 6.05. The predicted octanol–water partition coefficient (Wildman–Crippen LogP) is 5.00. The zero-order valence-corrected chi connectivity index (χ0v) is 15.4. The number of hydrogen-bond donors (Lipinski definition) is 2. The molecule has 0 saturated heterocycles. The lowest BCUT2D eigenvalue weighted by Gasteiger charge is -2.10. The Labute approximate surface area is 162 Å². The average Bonchev–Trinajstić information content (AvgIpc) is 3.36. The minimum absolute atomic E-state index is 0.0891. The van der Waals surface area contributed by atoms with Crippen LogP contribution in [0.1, 0.15) is 59.2 Å². The van der Waals surface area contributed by atoms with Gasteiger partial charge < -0.3 is 14.7 Å². The molecular formula is C22H21NO5.